The second-order valence-electron chi connectivity index (χ2n) is 6.51. The molecule has 0 N–H and O–H groups in total. The highest BCUT2D eigenvalue weighted by molar-refractivity contribution is 6.14. The standard InChI is InChI=1S/C22H22FNO3/c1-24-13-17(8-15-9-19(26-2)12-20(10-15)27-3)22(25)18(14-24)11-16-6-4-5-7-21(16)23/h4-12H,13-14H2,1-3H3/b17-8+,18-11+. The minimum absolute atomic E-state index is 0.0712. The topological polar surface area (TPSA) is 38.8 Å². The number of carbonyl (C=O) groups excluding carboxylic acids is 1. The molecular formula is C22H22FNO3. The molecule has 1 fully saturated rings. The Labute approximate surface area is 158 Å². The van der Waals surface area contributed by atoms with Crippen molar-refractivity contribution < 1.29 is 18.7 Å². The summed E-state index contributed by atoms with van der Waals surface area (Å²) in [6, 6.07) is 11.9. The zero-order valence-corrected chi connectivity index (χ0v) is 15.7. The number of benzene rings is 2. The second-order valence-corrected chi connectivity index (χ2v) is 6.51. The lowest BCUT2D eigenvalue weighted by Crippen LogP contribution is -2.34. The highest BCUT2D eigenvalue weighted by Crippen LogP contribution is 2.26. The number of likely N-dealkylation sites (N-methyl/N-ethyl adjacent to an activating group) is 1. The van der Waals surface area contributed by atoms with Crippen molar-refractivity contribution in [3.05, 3.63) is 70.6 Å². The van der Waals surface area contributed by atoms with Crippen molar-refractivity contribution in [3.8, 4) is 11.5 Å². The maximum Gasteiger partial charge on any atom is 0.187 e. The summed E-state index contributed by atoms with van der Waals surface area (Å²) in [4.78, 5) is 15.0. The van der Waals surface area contributed by atoms with Gasteiger partial charge < -0.3 is 9.47 Å². The third-order valence-electron chi connectivity index (χ3n) is 4.41. The maximum atomic E-state index is 14.0. The fourth-order valence-corrected chi connectivity index (χ4v) is 3.10. The van der Waals surface area contributed by atoms with Gasteiger partial charge >= 0.3 is 0 Å². The summed E-state index contributed by atoms with van der Waals surface area (Å²) in [6.45, 7) is 0.999. The largest absolute Gasteiger partial charge is 0.497 e. The van der Waals surface area contributed by atoms with E-state index in [4.69, 9.17) is 9.47 Å². The highest BCUT2D eigenvalue weighted by atomic mass is 19.1. The first-order valence-corrected chi connectivity index (χ1v) is 8.62. The first-order valence-electron chi connectivity index (χ1n) is 8.62. The van der Waals surface area contributed by atoms with E-state index >= 15 is 0 Å². The van der Waals surface area contributed by atoms with Gasteiger partial charge in [0.15, 0.2) is 5.78 Å². The summed E-state index contributed by atoms with van der Waals surface area (Å²) >= 11 is 0. The van der Waals surface area contributed by atoms with Gasteiger partial charge in [0, 0.05) is 35.9 Å². The lowest BCUT2D eigenvalue weighted by molar-refractivity contribution is -0.113. The van der Waals surface area contributed by atoms with Crippen LogP contribution in [0.25, 0.3) is 12.2 Å². The first kappa shape index (κ1) is 18.9. The minimum atomic E-state index is -0.339. The van der Waals surface area contributed by atoms with Gasteiger partial charge in [-0.05, 0) is 43.0 Å². The van der Waals surface area contributed by atoms with Crippen LogP contribution >= 0.6 is 0 Å². The number of ether oxygens (including phenoxy) is 2. The van der Waals surface area contributed by atoms with Gasteiger partial charge in [0.05, 0.1) is 14.2 Å². The van der Waals surface area contributed by atoms with Crippen LogP contribution in [0.1, 0.15) is 11.1 Å². The molecule has 0 saturated carbocycles. The Morgan fingerprint density at radius 2 is 1.56 bits per heavy atom. The summed E-state index contributed by atoms with van der Waals surface area (Å²) in [5.74, 6) is 0.895. The zero-order valence-electron chi connectivity index (χ0n) is 15.7. The van der Waals surface area contributed by atoms with Crippen molar-refractivity contribution in [1.82, 2.24) is 4.90 Å². The third-order valence-corrected chi connectivity index (χ3v) is 4.41. The Bertz CT molecular complexity index is 895. The number of rotatable bonds is 4. The molecule has 1 aliphatic heterocycles. The lowest BCUT2D eigenvalue weighted by Gasteiger charge is -2.26. The maximum absolute atomic E-state index is 14.0. The number of halogens is 1. The summed E-state index contributed by atoms with van der Waals surface area (Å²) < 4.78 is 24.5. The molecule has 5 heteroatoms. The van der Waals surface area contributed by atoms with E-state index in [0.717, 1.165) is 5.56 Å². The molecular weight excluding hydrogens is 345 g/mol. The number of ketones is 1. The summed E-state index contributed by atoms with van der Waals surface area (Å²) in [6.07, 6.45) is 3.46. The van der Waals surface area contributed by atoms with E-state index in [0.29, 0.717) is 41.3 Å². The molecule has 0 bridgehead atoms. The van der Waals surface area contributed by atoms with Gasteiger partial charge in [0.1, 0.15) is 17.3 Å². The van der Waals surface area contributed by atoms with Crippen LogP contribution in [0, 0.1) is 5.82 Å². The van der Waals surface area contributed by atoms with Crippen LogP contribution < -0.4 is 9.47 Å². The molecule has 0 spiro atoms. The zero-order chi connectivity index (χ0) is 19.4. The van der Waals surface area contributed by atoms with E-state index in [1.54, 1.807) is 44.6 Å². The van der Waals surface area contributed by atoms with Gasteiger partial charge in [-0.15, -0.1) is 0 Å². The van der Waals surface area contributed by atoms with Crippen LogP contribution in [0.3, 0.4) is 0 Å². The smallest absolute Gasteiger partial charge is 0.187 e. The van der Waals surface area contributed by atoms with E-state index in [1.165, 1.54) is 6.07 Å². The molecule has 4 nitrogen and oxygen atoms in total. The van der Waals surface area contributed by atoms with Crippen molar-refractivity contribution in [2.24, 2.45) is 0 Å². The minimum Gasteiger partial charge on any atom is -0.497 e. The molecule has 3 rings (SSSR count). The van der Waals surface area contributed by atoms with E-state index in [1.807, 2.05) is 30.2 Å². The van der Waals surface area contributed by atoms with Crippen LogP contribution in [0.15, 0.2) is 53.6 Å². The Kier molecular flexibility index (Phi) is 5.72. The average Bonchev–Trinajstić information content (AvgIpc) is 2.66. The Hall–Kier alpha value is -2.92. The van der Waals surface area contributed by atoms with Gasteiger partial charge in [-0.1, -0.05) is 18.2 Å². The lowest BCUT2D eigenvalue weighted by atomic mass is 9.94. The van der Waals surface area contributed by atoms with Gasteiger partial charge in [0.25, 0.3) is 0 Å². The molecule has 1 aliphatic rings. The predicted octanol–water partition coefficient (Wildman–Crippen LogP) is 3.82. The molecule has 0 atom stereocenters. The van der Waals surface area contributed by atoms with Gasteiger partial charge in [0.2, 0.25) is 0 Å². The number of likely N-dealkylation sites (tertiary alicyclic amines) is 1. The molecule has 140 valence electrons. The second kappa shape index (κ2) is 8.18. The Morgan fingerprint density at radius 3 is 2.15 bits per heavy atom. The molecule has 2 aromatic rings. The summed E-state index contributed by atoms with van der Waals surface area (Å²) in [7, 11) is 5.10. The van der Waals surface area contributed by atoms with Crippen molar-refractivity contribution in [2.75, 3.05) is 34.4 Å². The van der Waals surface area contributed by atoms with E-state index in [-0.39, 0.29) is 11.6 Å². The van der Waals surface area contributed by atoms with E-state index in [9.17, 15) is 9.18 Å². The molecule has 0 radical (unpaired) electrons. The molecule has 0 amide bonds. The number of nitrogens with zero attached hydrogens (tertiary/aromatic N) is 1. The quantitative estimate of drug-likeness (QED) is 0.770. The Morgan fingerprint density at radius 1 is 0.963 bits per heavy atom. The third kappa shape index (κ3) is 4.44. The van der Waals surface area contributed by atoms with E-state index in [2.05, 4.69) is 0 Å². The van der Waals surface area contributed by atoms with Crippen molar-refractivity contribution in [3.63, 3.8) is 0 Å². The van der Waals surface area contributed by atoms with Crippen LogP contribution in [0.4, 0.5) is 4.39 Å². The normalized spacial score (nSPS) is 18.1. The molecule has 1 heterocycles. The Balaban J connectivity index is 1.98. The predicted molar refractivity (Wildman–Crippen MR) is 104 cm³/mol. The van der Waals surface area contributed by atoms with Crippen LogP contribution in [0.2, 0.25) is 0 Å². The van der Waals surface area contributed by atoms with Gasteiger partial charge in [-0.3, -0.25) is 9.69 Å². The molecule has 0 unspecified atom stereocenters. The highest BCUT2D eigenvalue weighted by Gasteiger charge is 2.24. The van der Waals surface area contributed by atoms with Gasteiger partial charge in [-0.2, -0.15) is 0 Å². The first-order chi connectivity index (χ1) is 13.0. The fourth-order valence-electron chi connectivity index (χ4n) is 3.10. The van der Waals surface area contributed by atoms with Crippen molar-refractivity contribution >= 4 is 17.9 Å². The number of Topliss-reactive ketones (excluding diaryl/α,β-unsaturated/α-hetero) is 1. The molecule has 27 heavy (non-hydrogen) atoms. The number of carbonyl (C=O) groups is 1. The van der Waals surface area contributed by atoms with Crippen LogP contribution in [-0.4, -0.2) is 45.0 Å². The SMILES string of the molecule is COc1cc(/C=C2\CN(C)C/C(=C\c3ccccc3F)C2=O)cc(OC)c1. The fraction of sp³-hybridized carbons (Fsp3) is 0.227. The monoisotopic (exact) mass is 367 g/mol. The summed E-state index contributed by atoms with van der Waals surface area (Å²) in [5.41, 5.74) is 2.44. The van der Waals surface area contributed by atoms with Crippen LogP contribution in [0.5, 0.6) is 11.5 Å². The number of hydrogen-bond acceptors (Lipinski definition) is 4. The van der Waals surface area contributed by atoms with Gasteiger partial charge in [-0.25, -0.2) is 4.39 Å². The molecule has 2 aromatic carbocycles. The van der Waals surface area contributed by atoms with Crippen molar-refractivity contribution in [2.45, 2.75) is 0 Å². The number of hydrogen-bond donors (Lipinski definition) is 0. The van der Waals surface area contributed by atoms with Crippen LogP contribution in [-0.2, 0) is 4.79 Å². The number of methoxy groups -OCH3 is 2. The number of piperidine rings is 1. The van der Waals surface area contributed by atoms with E-state index < -0.39 is 0 Å². The summed E-state index contributed by atoms with van der Waals surface area (Å²) in [5, 5.41) is 0. The molecule has 1 saturated heterocycles. The van der Waals surface area contributed by atoms with Crippen molar-refractivity contribution in [1.29, 1.82) is 0 Å². The molecule has 0 aliphatic carbocycles. The average molecular weight is 367 g/mol. The molecule has 0 aromatic heterocycles.